The molecule has 1 aromatic carbocycles. The number of carbonyl (C=O) groups excluding carboxylic acids is 3. The molecule has 3 N–H and O–H groups in total. The molecule has 0 spiro atoms. The lowest BCUT2D eigenvalue weighted by atomic mass is 9.71. The van der Waals surface area contributed by atoms with Crippen LogP contribution in [-0.2, 0) is 39.7 Å². The molecule has 13 nitrogen and oxygen atoms in total. The normalized spacial score (nSPS) is 36.7. The summed E-state index contributed by atoms with van der Waals surface area (Å²) < 4.78 is 31.5. The highest BCUT2D eigenvalue weighted by molar-refractivity contribution is 6.00. The summed E-state index contributed by atoms with van der Waals surface area (Å²) in [5.74, 6) is -3.59. The lowest BCUT2D eigenvalue weighted by Gasteiger charge is -2.47. The molecule has 3 aliphatic rings. The maximum absolute atomic E-state index is 14.4. The number of aromatic nitrogens is 1. The van der Waals surface area contributed by atoms with Gasteiger partial charge < -0.3 is 44.3 Å². The summed E-state index contributed by atoms with van der Waals surface area (Å²) in [6, 6.07) is 11.7. The van der Waals surface area contributed by atoms with Gasteiger partial charge >= 0.3 is 12.1 Å². The number of esters is 1. The van der Waals surface area contributed by atoms with Gasteiger partial charge in [0.2, 0.25) is 0 Å². The Labute approximate surface area is 350 Å². The zero-order chi connectivity index (χ0) is 43.2. The Morgan fingerprint density at radius 1 is 1.03 bits per heavy atom. The molecule has 0 saturated carbocycles. The van der Waals surface area contributed by atoms with Crippen LogP contribution in [0.2, 0.25) is 0 Å². The van der Waals surface area contributed by atoms with Crippen LogP contribution in [0.5, 0.6) is 0 Å². The number of aliphatic hydroxyl groups is 1. The minimum Gasteiger partial charge on any atom is -0.458 e. The van der Waals surface area contributed by atoms with E-state index in [4.69, 9.17) is 23.7 Å². The number of alkyl carbamates (subject to hydrolysis) is 1. The van der Waals surface area contributed by atoms with Gasteiger partial charge in [-0.3, -0.25) is 14.6 Å². The van der Waals surface area contributed by atoms with E-state index in [1.807, 2.05) is 58.1 Å². The van der Waals surface area contributed by atoms with Gasteiger partial charge in [-0.1, -0.05) is 69.7 Å². The van der Waals surface area contributed by atoms with Crippen LogP contribution in [0.1, 0.15) is 80.2 Å². The summed E-state index contributed by atoms with van der Waals surface area (Å²) in [6.45, 7) is 16.2. The lowest BCUT2D eigenvalue weighted by molar-refractivity contribution is -0.295. The summed E-state index contributed by atoms with van der Waals surface area (Å²) in [6.07, 6.45) is 3.33. The van der Waals surface area contributed by atoms with E-state index in [0.29, 0.717) is 25.8 Å². The fourth-order valence-corrected chi connectivity index (χ4v) is 9.54. The van der Waals surface area contributed by atoms with Crippen LogP contribution in [0.4, 0.5) is 4.79 Å². The van der Waals surface area contributed by atoms with E-state index in [0.717, 1.165) is 29.7 Å². The van der Waals surface area contributed by atoms with E-state index in [2.05, 4.69) is 59.8 Å². The maximum Gasteiger partial charge on any atom is 0.408 e. The number of amides is 1. The first-order valence-corrected chi connectivity index (χ1v) is 21.3. The van der Waals surface area contributed by atoms with Crippen LogP contribution in [0, 0.1) is 23.7 Å². The lowest BCUT2D eigenvalue weighted by Crippen LogP contribution is -2.59. The molecule has 1 aromatic heterocycles. The average molecular weight is 821 g/mol. The third kappa shape index (κ3) is 10.4. The summed E-state index contributed by atoms with van der Waals surface area (Å²) in [5, 5.41) is 18.2. The van der Waals surface area contributed by atoms with Crippen molar-refractivity contribution >= 4 is 17.8 Å². The molecule has 13 atom stereocenters. The largest absolute Gasteiger partial charge is 0.458 e. The zero-order valence-corrected chi connectivity index (χ0v) is 36.9. The number of benzene rings is 1. The Morgan fingerprint density at radius 2 is 1.75 bits per heavy atom. The molecule has 0 bridgehead atoms. The third-order valence-corrected chi connectivity index (χ3v) is 13.1. The fraction of sp³-hybridized carbons (Fsp3) is 0.652. The highest BCUT2D eigenvalue weighted by Crippen LogP contribution is 2.43. The summed E-state index contributed by atoms with van der Waals surface area (Å²) in [7, 11) is 5.40. The summed E-state index contributed by atoms with van der Waals surface area (Å²) >= 11 is 0. The quantitative estimate of drug-likeness (QED) is 0.110. The highest BCUT2D eigenvalue weighted by atomic mass is 16.7. The predicted octanol–water partition coefficient (Wildman–Crippen LogP) is 5.73. The number of Topliss-reactive ketones (excluding diaryl/α,β-unsaturated/α-hetero) is 1. The standard InChI is InChI=1S/C46H68N4O9/c1-12-37-46(8)40(49-44(54)59-46)29(4)35(20-23-47-22-19-32-15-17-33(18-16-32)34-14-13-21-48-26-34)27(2)25-45(7,55-11)41(30(5)38(51)31(6)42(53)57-37)58-43-39(52)36(50(9)10)24-28(3)56-43/h13-18,20-21,26-31,36-37,39-41,43,47,52H,12,19,22-25H2,1-11H3,(H,49,54)/b35-20+/t27-,28-,29+,30+,31-,36+,37-,39-,40+,41-,43?,45-,46-/m1/s1. The number of fused-ring (bicyclic) bond motifs is 1. The van der Waals surface area contributed by atoms with Crippen molar-refractivity contribution in [1.82, 2.24) is 20.5 Å². The van der Waals surface area contributed by atoms with Crippen molar-refractivity contribution in [3.63, 3.8) is 0 Å². The minimum atomic E-state index is -1.22. The molecule has 3 saturated heterocycles. The Bertz CT molecular complexity index is 1760. The fourth-order valence-electron chi connectivity index (χ4n) is 9.54. The Balaban J connectivity index is 1.47. The Morgan fingerprint density at radius 3 is 2.37 bits per heavy atom. The number of ketones is 1. The SMILES string of the molecule is CC[C@H]1OC(=O)[C@H](C)C(=O)[C@H](C)[C@@H](OC2O[C@H](C)C[C@H](N(C)C)[C@H]2O)[C@](C)(OC)C[C@@H](C)/C(=C\CNCCc2ccc(-c3cccnc3)cc2)[C@H](C)[C@@H]2NC(=O)O[C@]12C. The predicted molar refractivity (Wildman–Crippen MR) is 225 cm³/mol. The van der Waals surface area contributed by atoms with Crippen molar-refractivity contribution in [2.75, 3.05) is 34.3 Å². The second-order valence-corrected chi connectivity index (χ2v) is 17.6. The van der Waals surface area contributed by atoms with Crippen molar-refractivity contribution in [2.24, 2.45) is 23.7 Å². The van der Waals surface area contributed by atoms with Crippen molar-refractivity contribution in [3.05, 3.63) is 66.0 Å². The molecule has 1 amide bonds. The number of rotatable bonds is 11. The number of cyclic esters (lactones) is 1. The van der Waals surface area contributed by atoms with Gasteiger partial charge in [0.25, 0.3) is 0 Å². The topological polar surface area (TPSA) is 158 Å². The monoisotopic (exact) mass is 820 g/mol. The molecule has 2 aromatic rings. The summed E-state index contributed by atoms with van der Waals surface area (Å²) in [5.41, 5.74) is 2.09. The van der Waals surface area contributed by atoms with Gasteiger partial charge in [0.1, 0.15) is 18.1 Å². The van der Waals surface area contributed by atoms with E-state index in [1.54, 1.807) is 27.2 Å². The first-order valence-electron chi connectivity index (χ1n) is 21.3. The van der Waals surface area contributed by atoms with Crippen LogP contribution >= 0.6 is 0 Å². The van der Waals surface area contributed by atoms with Crippen LogP contribution in [0.15, 0.2) is 60.4 Å². The van der Waals surface area contributed by atoms with Gasteiger partial charge in [0, 0.05) is 43.9 Å². The van der Waals surface area contributed by atoms with Gasteiger partial charge in [0.15, 0.2) is 17.7 Å². The number of aliphatic hydroxyl groups excluding tert-OH is 1. The third-order valence-electron chi connectivity index (χ3n) is 13.1. The molecular formula is C46H68N4O9. The van der Waals surface area contributed by atoms with Crippen LogP contribution < -0.4 is 10.6 Å². The van der Waals surface area contributed by atoms with Crippen molar-refractivity contribution in [1.29, 1.82) is 0 Å². The van der Waals surface area contributed by atoms with Crippen LogP contribution in [0.3, 0.4) is 0 Å². The van der Waals surface area contributed by atoms with Gasteiger partial charge in [-0.25, -0.2) is 4.79 Å². The van der Waals surface area contributed by atoms with Gasteiger partial charge in [0.05, 0.1) is 23.9 Å². The molecule has 326 valence electrons. The number of likely N-dealkylation sites (N-methyl/N-ethyl adjacent to an activating group) is 1. The molecule has 13 heteroatoms. The van der Waals surface area contributed by atoms with Crippen molar-refractivity contribution in [2.45, 2.75) is 135 Å². The van der Waals surface area contributed by atoms with Gasteiger partial charge in [-0.2, -0.15) is 0 Å². The molecule has 4 heterocycles. The number of pyridine rings is 1. The van der Waals surface area contributed by atoms with Crippen molar-refractivity contribution < 1.29 is 43.2 Å². The van der Waals surface area contributed by atoms with Crippen LogP contribution in [-0.4, -0.2) is 121 Å². The number of hydrogen-bond donors (Lipinski definition) is 3. The molecule has 3 fully saturated rings. The first-order chi connectivity index (χ1) is 27.9. The number of carbonyl (C=O) groups is 3. The smallest absolute Gasteiger partial charge is 0.408 e. The van der Waals surface area contributed by atoms with Gasteiger partial charge in [-0.05, 0) is 103 Å². The maximum atomic E-state index is 14.4. The molecule has 0 radical (unpaired) electrons. The molecule has 59 heavy (non-hydrogen) atoms. The Kier molecular flexibility index (Phi) is 15.5. The molecule has 0 aliphatic carbocycles. The minimum absolute atomic E-state index is 0.166. The number of methoxy groups -OCH3 is 1. The van der Waals surface area contributed by atoms with E-state index >= 15 is 0 Å². The zero-order valence-electron chi connectivity index (χ0n) is 36.9. The molecule has 3 aliphatic heterocycles. The number of nitrogens with one attached hydrogen (secondary N) is 2. The van der Waals surface area contributed by atoms with Crippen LogP contribution in [0.25, 0.3) is 11.1 Å². The van der Waals surface area contributed by atoms with E-state index in [9.17, 15) is 19.5 Å². The molecule has 1 unspecified atom stereocenters. The van der Waals surface area contributed by atoms with E-state index in [-0.39, 0.29) is 24.0 Å². The molecule has 5 rings (SSSR count). The van der Waals surface area contributed by atoms with E-state index in [1.165, 1.54) is 12.5 Å². The second-order valence-electron chi connectivity index (χ2n) is 17.6. The van der Waals surface area contributed by atoms with Gasteiger partial charge in [-0.15, -0.1) is 0 Å². The number of ether oxygens (including phenoxy) is 5. The molecular weight excluding hydrogens is 753 g/mol. The average Bonchev–Trinajstić information content (AvgIpc) is 3.54. The number of nitrogens with zero attached hydrogens (tertiary/aromatic N) is 2. The highest BCUT2D eigenvalue weighted by Gasteiger charge is 2.56. The second kappa shape index (κ2) is 19.8. The summed E-state index contributed by atoms with van der Waals surface area (Å²) in [4.78, 5) is 47.5. The Hall–Kier alpha value is -3.72. The number of hydrogen-bond acceptors (Lipinski definition) is 12. The van der Waals surface area contributed by atoms with E-state index < -0.39 is 71.5 Å². The first kappa shape index (κ1) is 46.3. The van der Waals surface area contributed by atoms with Crippen molar-refractivity contribution in [3.8, 4) is 11.1 Å².